The molecule has 1 saturated heterocycles. The Kier molecular flexibility index (Phi) is 6.02. The maximum atomic E-state index is 12.9. The van der Waals surface area contributed by atoms with E-state index in [0.717, 1.165) is 0 Å². The molecule has 7 heteroatoms. The Morgan fingerprint density at radius 3 is 2.24 bits per heavy atom. The van der Waals surface area contributed by atoms with Gasteiger partial charge in [0.25, 0.3) is 0 Å². The first-order valence-corrected chi connectivity index (χ1v) is 12.1. The number of aliphatic carboxylic acids is 1. The number of amides is 2. The second kappa shape index (κ2) is 9.12. The van der Waals surface area contributed by atoms with Crippen molar-refractivity contribution in [2.75, 3.05) is 13.2 Å². The zero-order valence-electron chi connectivity index (χ0n) is 19.3. The number of ether oxygens (including phenoxy) is 1. The van der Waals surface area contributed by atoms with Crippen LogP contribution in [0.2, 0.25) is 0 Å². The molecule has 0 bridgehead atoms. The van der Waals surface area contributed by atoms with Crippen molar-refractivity contribution >= 4 is 18.0 Å². The van der Waals surface area contributed by atoms with E-state index in [1.165, 1.54) is 22.3 Å². The van der Waals surface area contributed by atoms with Crippen molar-refractivity contribution in [3.8, 4) is 11.1 Å². The Morgan fingerprint density at radius 1 is 1.03 bits per heavy atom. The molecule has 2 amide bonds. The standard InChI is InChI=1S/C27H30N2O5/c1-2-24-22(26(31)32)11-12-29(24)25(30)16-13-17(14-16)28-27(33)34-15-23-20-9-5-3-7-18(20)19-8-4-6-10-21(19)23/h3-10,16-17,22-24H,2,11-15H2,1H3,(H,28,33)(H,31,32). The van der Waals surface area contributed by atoms with Crippen LogP contribution in [0.15, 0.2) is 48.5 Å². The molecule has 5 rings (SSSR count). The molecule has 34 heavy (non-hydrogen) atoms. The lowest BCUT2D eigenvalue weighted by atomic mass is 9.79. The molecule has 2 fully saturated rings. The van der Waals surface area contributed by atoms with Gasteiger partial charge >= 0.3 is 12.1 Å². The van der Waals surface area contributed by atoms with Crippen molar-refractivity contribution in [2.24, 2.45) is 11.8 Å². The van der Waals surface area contributed by atoms with Gasteiger partial charge in [0.05, 0.1) is 5.92 Å². The van der Waals surface area contributed by atoms with Crippen LogP contribution >= 0.6 is 0 Å². The maximum absolute atomic E-state index is 12.9. The van der Waals surface area contributed by atoms with Crippen LogP contribution in [-0.4, -0.2) is 53.2 Å². The van der Waals surface area contributed by atoms with E-state index in [-0.39, 0.29) is 36.4 Å². The van der Waals surface area contributed by atoms with Crippen LogP contribution in [0, 0.1) is 11.8 Å². The van der Waals surface area contributed by atoms with Crippen LogP contribution in [0.25, 0.3) is 11.1 Å². The van der Waals surface area contributed by atoms with Crippen molar-refractivity contribution in [1.29, 1.82) is 0 Å². The summed E-state index contributed by atoms with van der Waals surface area (Å²) in [4.78, 5) is 38.6. The van der Waals surface area contributed by atoms with Gasteiger partial charge in [0, 0.05) is 30.5 Å². The van der Waals surface area contributed by atoms with Gasteiger partial charge in [-0.3, -0.25) is 9.59 Å². The third-order valence-electron chi connectivity index (χ3n) is 7.72. The zero-order valence-corrected chi connectivity index (χ0v) is 19.3. The molecule has 1 saturated carbocycles. The molecule has 2 aromatic rings. The van der Waals surface area contributed by atoms with Gasteiger partial charge in [0.15, 0.2) is 0 Å². The average Bonchev–Trinajstić information content (AvgIpc) is 3.39. The summed E-state index contributed by atoms with van der Waals surface area (Å²) in [7, 11) is 0. The minimum Gasteiger partial charge on any atom is -0.481 e. The number of hydrogen-bond acceptors (Lipinski definition) is 4. The van der Waals surface area contributed by atoms with Crippen LogP contribution in [0.1, 0.15) is 49.7 Å². The first-order chi connectivity index (χ1) is 16.5. The third kappa shape index (κ3) is 3.93. The summed E-state index contributed by atoms with van der Waals surface area (Å²) in [6, 6.07) is 16.1. The summed E-state index contributed by atoms with van der Waals surface area (Å²) >= 11 is 0. The lowest BCUT2D eigenvalue weighted by molar-refractivity contribution is -0.145. The molecule has 2 atom stereocenters. The number of carbonyl (C=O) groups is 3. The van der Waals surface area contributed by atoms with E-state index in [1.54, 1.807) is 4.90 Å². The van der Waals surface area contributed by atoms with E-state index in [1.807, 2.05) is 31.2 Å². The molecule has 2 unspecified atom stereocenters. The Morgan fingerprint density at radius 2 is 1.65 bits per heavy atom. The van der Waals surface area contributed by atoms with Gasteiger partial charge in [-0.05, 0) is 47.9 Å². The van der Waals surface area contributed by atoms with Crippen molar-refractivity contribution < 1.29 is 24.2 Å². The zero-order chi connectivity index (χ0) is 23.8. The van der Waals surface area contributed by atoms with Crippen molar-refractivity contribution in [2.45, 2.75) is 50.6 Å². The highest BCUT2D eigenvalue weighted by atomic mass is 16.5. The Labute approximate surface area is 199 Å². The van der Waals surface area contributed by atoms with Crippen LogP contribution in [0.3, 0.4) is 0 Å². The molecule has 178 valence electrons. The summed E-state index contributed by atoms with van der Waals surface area (Å²) in [5.74, 6) is -1.45. The highest BCUT2D eigenvalue weighted by Gasteiger charge is 2.45. The quantitative estimate of drug-likeness (QED) is 0.676. The highest BCUT2D eigenvalue weighted by Crippen LogP contribution is 2.44. The topological polar surface area (TPSA) is 95.9 Å². The van der Waals surface area contributed by atoms with Gasteiger partial charge in [-0.25, -0.2) is 4.79 Å². The maximum Gasteiger partial charge on any atom is 0.407 e. The minimum absolute atomic E-state index is 0.0113. The predicted molar refractivity (Wildman–Crippen MR) is 126 cm³/mol. The lowest BCUT2D eigenvalue weighted by Gasteiger charge is -2.38. The fourth-order valence-electron chi connectivity index (χ4n) is 5.90. The molecule has 1 heterocycles. The molecule has 2 N–H and O–H groups in total. The SMILES string of the molecule is CCC1C(C(=O)O)CCN1C(=O)C1CC(NC(=O)OCC2c3ccccc3-c3ccccc32)C1. The smallest absolute Gasteiger partial charge is 0.407 e. The molecule has 0 spiro atoms. The number of carboxylic acids is 1. The average molecular weight is 463 g/mol. The Balaban J connectivity index is 1.12. The number of carboxylic acid groups (broad SMARTS) is 1. The molecule has 2 aromatic carbocycles. The number of benzene rings is 2. The van der Waals surface area contributed by atoms with E-state index in [2.05, 4.69) is 29.6 Å². The normalized spacial score (nSPS) is 25.3. The van der Waals surface area contributed by atoms with Crippen molar-refractivity contribution in [3.05, 3.63) is 59.7 Å². The number of alkyl carbamates (subject to hydrolysis) is 1. The van der Waals surface area contributed by atoms with Gasteiger partial charge in [-0.15, -0.1) is 0 Å². The number of hydrogen-bond donors (Lipinski definition) is 2. The monoisotopic (exact) mass is 462 g/mol. The molecular formula is C27H30N2O5. The third-order valence-corrected chi connectivity index (χ3v) is 7.72. The molecule has 3 aliphatic rings. The number of carbonyl (C=O) groups excluding carboxylic acids is 2. The number of nitrogens with one attached hydrogen (secondary N) is 1. The number of likely N-dealkylation sites (tertiary alicyclic amines) is 1. The van der Waals surface area contributed by atoms with E-state index in [4.69, 9.17) is 4.74 Å². The van der Waals surface area contributed by atoms with Gasteiger partial charge in [-0.2, -0.15) is 0 Å². The summed E-state index contributed by atoms with van der Waals surface area (Å²) in [5, 5.41) is 12.3. The number of nitrogens with zero attached hydrogens (tertiary/aromatic N) is 1. The van der Waals surface area contributed by atoms with E-state index >= 15 is 0 Å². The fraction of sp³-hybridized carbons (Fsp3) is 0.444. The van der Waals surface area contributed by atoms with Crippen LogP contribution in [0.5, 0.6) is 0 Å². The summed E-state index contributed by atoms with van der Waals surface area (Å²) in [6.45, 7) is 2.68. The van der Waals surface area contributed by atoms with E-state index in [9.17, 15) is 19.5 Å². The summed E-state index contributed by atoms with van der Waals surface area (Å²) < 4.78 is 5.61. The largest absolute Gasteiger partial charge is 0.481 e. The van der Waals surface area contributed by atoms with Crippen LogP contribution < -0.4 is 5.32 Å². The van der Waals surface area contributed by atoms with Crippen LogP contribution in [0.4, 0.5) is 4.79 Å². The van der Waals surface area contributed by atoms with E-state index < -0.39 is 18.0 Å². The Hall–Kier alpha value is -3.35. The molecule has 7 nitrogen and oxygen atoms in total. The van der Waals surface area contributed by atoms with E-state index in [0.29, 0.717) is 32.2 Å². The second-order valence-electron chi connectivity index (χ2n) is 9.58. The highest BCUT2D eigenvalue weighted by molar-refractivity contribution is 5.83. The molecule has 1 aliphatic heterocycles. The van der Waals surface area contributed by atoms with Gasteiger partial charge in [-0.1, -0.05) is 55.5 Å². The second-order valence-corrected chi connectivity index (χ2v) is 9.58. The predicted octanol–water partition coefficient (Wildman–Crippen LogP) is 4.02. The Bertz CT molecular complexity index is 1060. The molecule has 0 radical (unpaired) electrons. The molecule has 2 aliphatic carbocycles. The first-order valence-electron chi connectivity index (χ1n) is 12.1. The molecule has 0 aromatic heterocycles. The van der Waals surface area contributed by atoms with Crippen molar-refractivity contribution in [1.82, 2.24) is 10.2 Å². The van der Waals surface area contributed by atoms with Gasteiger partial charge in [0.2, 0.25) is 5.91 Å². The molecular weight excluding hydrogens is 432 g/mol. The van der Waals surface area contributed by atoms with Gasteiger partial charge in [0.1, 0.15) is 6.61 Å². The number of fused-ring (bicyclic) bond motifs is 3. The van der Waals surface area contributed by atoms with Crippen molar-refractivity contribution in [3.63, 3.8) is 0 Å². The summed E-state index contributed by atoms with van der Waals surface area (Å²) in [6.07, 6.45) is 1.81. The number of rotatable bonds is 6. The van der Waals surface area contributed by atoms with Gasteiger partial charge < -0.3 is 20.1 Å². The lowest BCUT2D eigenvalue weighted by Crippen LogP contribution is -2.52. The minimum atomic E-state index is -0.828. The van der Waals surface area contributed by atoms with Crippen LogP contribution in [-0.2, 0) is 14.3 Å². The first kappa shape index (κ1) is 22.4. The fourth-order valence-corrected chi connectivity index (χ4v) is 5.90. The summed E-state index contributed by atoms with van der Waals surface area (Å²) in [5.41, 5.74) is 4.71.